The second-order valence-corrected chi connectivity index (χ2v) is 6.48. The van der Waals surface area contributed by atoms with Gasteiger partial charge in [-0.05, 0) is 43.5 Å². The van der Waals surface area contributed by atoms with Gasteiger partial charge >= 0.3 is 11.8 Å². The van der Waals surface area contributed by atoms with Crippen LogP contribution in [0.25, 0.3) is 10.9 Å². The molecule has 2 rings (SSSR count). The topological polar surface area (TPSA) is 83.4 Å². The van der Waals surface area contributed by atoms with Crippen LogP contribution in [0.1, 0.15) is 27.2 Å². The fraction of sp³-hybridized carbons (Fsp3) is 0.444. The van der Waals surface area contributed by atoms with E-state index in [-0.39, 0.29) is 12.6 Å². The van der Waals surface area contributed by atoms with Gasteiger partial charge in [0.1, 0.15) is 0 Å². The maximum atomic E-state index is 11.9. The molecule has 0 aliphatic carbocycles. The fourth-order valence-corrected chi connectivity index (χ4v) is 2.57. The minimum atomic E-state index is -0.708. The lowest BCUT2D eigenvalue weighted by Gasteiger charge is -2.12. The number of benzene rings is 1. The van der Waals surface area contributed by atoms with Gasteiger partial charge in [-0.15, -0.1) is 0 Å². The molecule has 3 N–H and O–H groups in total. The quantitative estimate of drug-likeness (QED) is 0.709. The summed E-state index contributed by atoms with van der Waals surface area (Å²) in [4.78, 5) is 23.8. The molecule has 0 aliphatic heterocycles. The van der Waals surface area contributed by atoms with E-state index in [4.69, 9.17) is 5.11 Å². The molecule has 24 heavy (non-hydrogen) atoms. The second kappa shape index (κ2) is 7.97. The largest absolute Gasteiger partial charge is 0.396 e. The Morgan fingerprint density at radius 3 is 2.58 bits per heavy atom. The standard InChI is InChI=1S/C18H25N3O3/c1-12(2)11-21-8-6-14-10-15(4-5-16(14)21)20-18(24)17(23)19-13(3)7-9-22/h4-6,8,10,12-13,22H,7,9,11H2,1-3H3,(H,19,23)(H,20,24)/t13-/m1/s1. The minimum absolute atomic E-state index is 0.0346. The van der Waals surface area contributed by atoms with E-state index >= 15 is 0 Å². The first-order valence-electron chi connectivity index (χ1n) is 8.22. The SMILES string of the molecule is CC(C)Cn1ccc2cc(NC(=O)C(=O)N[C@H](C)CCO)ccc21. The predicted octanol–water partition coefficient (Wildman–Crippen LogP) is 2.12. The lowest BCUT2D eigenvalue weighted by Crippen LogP contribution is -2.40. The van der Waals surface area contributed by atoms with E-state index in [1.54, 1.807) is 13.0 Å². The molecule has 0 spiro atoms. The maximum Gasteiger partial charge on any atom is 0.313 e. The van der Waals surface area contributed by atoms with Crippen molar-refractivity contribution in [2.45, 2.75) is 39.8 Å². The average Bonchev–Trinajstić information content (AvgIpc) is 2.89. The highest BCUT2D eigenvalue weighted by Gasteiger charge is 2.16. The zero-order valence-electron chi connectivity index (χ0n) is 14.4. The fourth-order valence-electron chi connectivity index (χ4n) is 2.57. The van der Waals surface area contributed by atoms with Gasteiger partial charge in [0.15, 0.2) is 0 Å². The van der Waals surface area contributed by atoms with Crippen LogP contribution < -0.4 is 10.6 Å². The van der Waals surface area contributed by atoms with Crippen LogP contribution >= 0.6 is 0 Å². The van der Waals surface area contributed by atoms with E-state index in [1.165, 1.54) is 0 Å². The summed E-state index contributed by atoms with van der Waals surface area (Å²) in [7, 11) is 0. The molecule has 0 unspecified atom stereocenters. The van der Waals surface area contributed by atoms with Crippen LogP contribution in [0.5, 0.6) is 0 Å². The molecule has 1 heterocycles. The number of hydrogen-bond donors (Lipinski definition) is 3. The van der Waals surface area contributed by atoms with Gasteiger partial charge in [-0.2, -0.15) is 0 Å². The van der Waals surface area contributed by atoms with Crippen molar-refractivity contribution in [3.63, 3.8) is 0 Å². The molecule has 0 fully saturated rings. The molecule has 6 nitrogen and oxygen atoms in total. The third-order valence-electron chi connectivity index (χ3n) is 3.74. The molecule has 6 heteroatoms. The molecule has 0 bridgehead atoms. The zero-order valence-corrected chi connectivity index (χ0v) is 14.4. The van der Waals surface area contributed by atoms with E-state index in [9.17, 15) is 9.59 Å². The van der Waals surface area contributed by atoms with Crippen LogP contribution in [0.2, 0.25) is 0 Å². The monoisotopic (exact) mass is 331 g/mol. The van der Waals surface area contributed by atoms with Crippen LogP contribution in [0.15, 0.2) is 30.5 Å². The molecule has 130 valence electrons. The Labute approximate surface area is 141 Å². The van der Waals surface area contributed by atoms with Crippen LogP contribution in [0, 0.1) is 5.92 Å². The van der Waals surface area contributed by atoms with Crippen LogP contribution in [0.3, 0.4) is 0 Å². The number of carbonyl (C=O) groups is 2. The smallest absolute Gasteiger partial charge is 0.313 e. The molecular weight excluding hydrogens is 306 g/mol. The Morgan fingerprint density at radius 1 is 1.17 bits per heavy atom. The van der Waals surface area contributed by atoms with Crippen molar-refractivity contribution in [3.8, 4) is 0 Å². The van der Waals surface area contributed by atoms with Crippen molar-refractivity contribution in [1.29, 1.82) is 0 Å². The molecule has 2 aromatic rings. The first kappa shape index (κ1) is 18.0. The number of aliphatic hydroxyl groups excluding tert-OH is 1. The number of anilines is 1. The normalized spacial score (nSPS) is 12.4. The summed E-state index contributed by atoms with van der Waals surface area (Å²) in [5, 5.41) is 15.0. The summed E-state index contributed by atoms with van der Waals surface area (Å²) < 4.78 is 2.18. The predicted molar refractivity (Wildman–Crippen MR) is 94.7 cm³/mol. The number of amides is 2. The van der Waals surface area contributed by atoms with Crippen molar-refractivity contribution in [3.05, 3.63) is 30.5 Å². The summed E-state index contributed by atoms with van der Waals surface area (Å²) in [6.45, 7) is 6.96. The van der Waals surface area contributed by atoms with Gasteiger partial charge in [0.05, 0.1) is 0 Å². The number of aromatic nitrogens is 1. The van der Waals surface area contributed by atoms with Gasteiger partial charge < -0.3 is 20.3 Å². The summed E-state index contributed by atoms with van der Waals surface area (Å²) in [6, 6.07) is 7.34. The third-order valence-corrected chi connectivity index (χ3v) is 3.74. The number of hydrogen-bond acceptors (Lipinski definition) is 3. The van der Waals surface area contributed by atoms with E-state index < -0.39 is 11.8 Å². The van der Waals surface area contributed by atoms with Crippen LogP contribution in [0.4, 0.5) is 5.69 Å². The van der Waals surface area contributed by atoms with Crippen molar-refractivity contribution in [2.75, 3.05) is 11.9 Å². The van der Waals surface area contributed by atoms with Gasteiger partial charge in [-0.1, -0.05) is 13.8 Å². The molecule has 1 atom stereocenters. The van der Waals surface area contributed by atoms with Crippen molar-refractivity contribution in [1.82, 2.24) is 9.88 Å². The zero-order chi connectivity index (χ0) is 17.7. The van der Waals surface area contributed by atoms with Gasteiger partial charge in [-0.25, -0.2) is 0 Å². The Kier molecular flexibility index (Phi) is 5.98. The summed E-state index contributed by atoms with van der Waals surface area (Å²) >= 11 is 0. The Morgan fingerprint density at radius 2 is 1.92 bits per heavy atom. The van der Waals surface area contributed by atoms with Gasteiger partial charge in [0, 0.05) is 42.0 Å². The molecule has 0 aliphatic rings. The lowest BCUT2D eigenvalue weighted by atomic mass is 10.2. The number of carbonyl (C=O) groups excluding carboxylic acids is 2. The number of nitrogens with one attached hydrogen (secondary N) is 2. The molecule has 1 aromatic heterocycles. The van der Waals surface area contributed by atoms with E-state index in [1.807, 2.05) is 24.4 Å². The van der Waals surface area contributed by atoms with Crippen LogP contribution in [-0.4, -0.2) is 34.1 Å². The van der Waals surface area contributed by atoms with Crippen molar-refractivity contribution >= 4 is 28.4 Å². The average molecular weight is 331 g/mol. The first-order valence-corrected chi connectivity index (χ1v) is 8.22. The Hall–Kier alpha value is -2.34. The molecule has 1 aromatic carbocycles. The van der Waals surface area contributed by atoms with E-state index in [0.717, 1.165) is 17.4 Å². The Bertz CT molecular complexity index is 721. The maximum absolute atomic E-state index is 11.9. The number of rotatable bonds is 6. The van der Waals surface area contributed by atoms with Crippen LogP contribution in [-0.2, 0) is 16.1 Å². The lowest BCUT2D eigenvalue weighted by molar-refractivity contribution is -0.136. The summed E-state index contributed by atoms with van der Waals surface area (Å²) in [5.74, 6) is -0.862. The highest BCUT2D eigenvalue weighted by molar-refractivity contribution is 6.39. The van der Waals surface area contributed by atoms with Gasteiger partial charge in [-0.3, -0.25) is 9.59 Å². The number of aliphatic hydroxyl groups is 1. The molecular formula is C18H25N3O3. The van der Waals surface area contributed by atoms with E-state index in [2.05, 4.69) is 29.0 Å². The third kappa shape index (κ3) is 4.58. The second-order valence-electron chi connectivity index (χ2n) is 6.48. The minimum Gasteiger partial charge on any atom is -0.396 e. The molecule has 2 amide bonds. The molecule has 0 saturated heterocycles. The van der Waals surface area contributed by atoms with Gasteiger partial charge in [0.25, 0.3) is 0 Å². The number of nitrogens with zero attached hydrogens (tertiary/aromatic N) is 1. The van der Waals surface area contributed by atoms with E-state index in [0.29, 0.717) is 18.0 Å². The van der Waals surface area contributed by atoms with Gasteiger partial charge in [0.2, 0.25) is 0 Å². The summed E-state index contributed by atoms with van der Waals surface area (Å²) in [5.41, 5.74) is 1.68. The number of fused-ring (bicyclic) bond motifs is 1. The molecule has 0 radical (unpaired) electrons. The van der Waals surface area contributed by atoms with Crippen molar-refractivity contribution < 1.29 is 14.7 Å². The highest BCUT2D eigenvalue weighted by Crippen LogP contribution is 2.21. The first-order chi connectivity index (χ1) is 11.4. The molecule has 0 saturated carbocycles. The Balaban J connectivity index is 2.04. The summed E-state index contributed by atoms with van der Waals surface area (Å²) in [6.07, 6.45) is 2.44. The van der Waals surface area contributed by atoms with Crippen molar-refractivity contribution in [2.24, 2.45) is 5.92 Å². The highest BCUT2D eigenvalue weighted by atomic mass is 16.3.